The van der Waals surface area contributed by atoms with Crippen molar-refractivity contribution in [2.45, 2.75) is 13.8 Å². The molecular formula is C14H12ClNO2. The first-order chi connectivity index (χ1) is 8.56. The standard InChI is InChI=1S/C14H12ClNO2/c1-9-3-4-13(12(15)7-9)18-14-8-11(10(2)17)5-6-16-14/h3-8H,1-2H3. The van der Waals surface area contributed by atoms with Gasteiger partial charge in [0, 0.05) is 17.8 Å². The van der Waals surface area contributed by atoms with Gasteiger partial charge < -0.3 is 4.74 Å². The van der Waals surface area contributed by atoms with E-state index in [9.17, 15) is 4.79 Å². The van der Waals surface area contributed by atoms with Crippen LogP contribution < -0.4 is 4.74 Å². The summed E-state index contributed by atoms with van der Waals surface area (Å²) in [5, 5.41) is 0.519. The van der Waals surface area contributed by atoms with Gasteiger partial charge in [0.05, 0.1) is 5.02 Å². The van der Waals surface area contributed by atoms with E-state index in [1.54, 1.807) is 18.2 Å². The predicted molar refractivity (Wildman–Crippen MR) is 70.5 cm³/mol. The van der Waals surface area contributed by atoms with Crippen LogP contribution in [0.3, 0.4) is 0 Å². The lowest BCUT2D eigenvalue weighted by Gasteiger charge is -2.07. The summed E-state index contributed by atoms with van der Waals surface area (Å²) in [6.45, 7) is 3.45. The SMILES string of the molecule is CC(=O)c1ccnc(Oc2ccc(C)cc2Cl)c1. The minimum absolute atomic E-state index is 0.0303. The molecule has 1 aromatic carbocycles. The monoisotopic (exact) mass is 261 g/mol. The summed E-state index contributed by atoms with van der Waals surface area (Å²) in [7, 11) is 0. The number of carbonyl (C=O) groups excluding carboxylic acids is 1. The molecule has 0 aliphatic heterocycles. The topological polar surface area (TPSA) is 39.2 Å². The number of halogens is 1. The number of benzene rings is 1. The molecule has 0 aliphatic carbocycles. The molecule has 0 fully saturated rings. The van der Waals surface area contributed by atoms with Crippen LogP contribution in [0.2, 0.25) is 5.02 Å². The van der Waals surface area contributed by atoms with Crippen LogP contribution in [0.25, 0.3) is 0 Å². The van der Waals surface area contributed by atoms with E-state index in [1.807, 2.05) is 19.1 Å². The second-order valence-corrected chi connectivity index (χ2v) is 4.38. The lowest BCUT2D eigenvalue weighted by Crippen LogP contribution is -1.95. The van der Waals surface area contributed by atoms with Gasteiger partial charge in [0.15, 0.2) is 5.78 Å². The molecule has 3 nitrogen and oxygen atoms in total. The van der Waals surface area contributed by atoms with Crippen LogP contribution in [-0.2, 0) is 0 Å². The van der Waals surface area contributed by atoms with Crippen LogP contribution >= 0.6 is 11.6 Å². The van der Waals surface area contributed by atoms with Crippen molar-refractivity contribution in [2.75, 3.05) is 0 Å². The molecule has 92 valence electrons. The zero-order valence-electron chi connectivity index (χ0n) is 10.1. The highest BCUT2D eigenvalue weighted by molar-refractivity contribution is 6.32. The number of hydrogen-bond acceptors (Lipinski definition) is 3. The van der Waals surface area contributed by atoms with Crippen molar-refractivity contribution in [3.05, 3.63) is 52.7 Å². The summed E-state index contributed by atoms with van der Waals surface area (Å²) >= 11 is 6.06. The Labute approximate surface area is 110 Å². The fourth-order valence-corrected chi connectivity index (χ4v) is 1.76. The molecule has 0 aliphatic rings. The average molecular weight is 262 g/mol. The van der Waals surface area contributed by atoms with Crippen LogP contribution in [0.4, 0.5) is 0 Å². The van der Waals surface area contributed by atoms with Gasteiger partial charge in [0.1, 0.15) is 5.75 Å². The lowest BCUT2D eigenvalue weighted by molar-refractivity contribution is 0.101. The second-order valence-electron chi connectivity index (χ2n) is 3.97. The number of ketones is 1. The molecule has 0 amide bonds. The summed E-state index contributed by atoms with van der Waals surface area (Å²) in [4.78, 5) is 15.3. The molecule has 2 aromatic rings. The van der Waals surface area contributed by atoms with E-state index < -0.39 is 0 Å². The van der Waals surface area contributed by atoms with Gasteiger partial charge in [-0.1, -0.05) is 17.7 Å². The summed E-state index contributed by atoms with van der Waals surface area (Å²) in [6, 6.07) is 8.73. The maximum atomic E-state index is 11.3. The van der Waals surface area contributed by atoms with Crippen LogP contribution in [0, 0.1) is 6.92 Å². The summed E-state index contributed by atoms with van der Waals surface area (Å²) in [6.07, 6.45) is 1.54. The molecule has 0 N–H and O–H groups in total. The zero-order valence-corrected chi connectivity index (χ0v) is 10.9. The second kappa shape index (κ2) is 5.19. The Balaban J connectivity index is 2.28. The minimum atomic E-state index is -0.0303. The van der Waals surface area contributed by atoms with Gasteiger partial charge in [-0.2, -0.15) is 0 Å². The number of rotatable bonds is 3. The first-order valence-corrected chi connectivity index (χ1v) is 5.85. The van der Waals surface area contributed by atoms with Crippen molar-refractivity contribution in [1.29, 1.82) is 0 Å². The maximum Gasteiger partial charge on any atom is 0.219 e. The molecular weight excluding hydrogens is 250 g/mol. The molecule has 1 heterocycles. The van der Waals surface area contributed by atoms with E-state index in [-0.39, 0.29) is 5.78 Å². The van der Waals surface area contributed by atoms with Crippen molar-refractivity contribution < 1.29 is 9.53 Å². The van der Waals surface area contributed by atoms with Crippen LogP contribution in [0.1, 0.15) is 22.8 Å². The summed E-state index contributed by atoms with van der Waals surface area (Å²) in [5.74, 6) is 0.848. The lowest BCUT2D eigenvalue weighted by atomic mass is 10.2. The molecule has 0 radical (unpaired) electrons. The quantitative estimate of drug-likeness (QED) is 0.783. The van der Waals surface area contributed by atoms with Crippen molar-refractivity contribution in [3.63, 3.8) is 0 Å². The third kappa shape index (κ3) is 2.87. The van der Waals surface area contributed by atoms with E-state index in [0.717, 1.165) is 5.56 Å². The Morgan fingerprint density at radius 1 is 1.28 bits per heavy atom. The molecule has 0 spiro atoms. The highest BCUT2D eigenvalue weighted by atomic mass is 35.5. The van der Waals surface area contributed by atoms with Crippen molar-refractivity contribution >= 4 is 17.4 Å². The van der Waals surface area contributed by atoms with Gasteiger partial charge >= 0.3 is 0 Å². The summed E-state index contributed by atoms with van der Waals surface area (Å²) < 4.78 is 5.56. The van der Waals surface area contributed by atoms with Crippen LogP contribution in [0.15, 0.2) is 36.5 Å². The minimum Gasteiger partial charge on any atom is -0.437 e. The molecule has 18 heavy (non-hydrogen) atoms. The Kier molecular flexibility index (Phi) is 3.63. The maximum absolute atomic E-state index is 11.3. The fraction of sp³-hybridized carbons (Fsp3) is 0.143. The number of carbonyl (C=O) groups is 1. The number of Topliss-reactive ketones (excluding diaryl/α,β-unsaturated/α-hetero) is 1. The fourth-order valence-electron chi connectivity index (χ4n) is 1.49. The van der Waals surface area contributed by atoms with E-state index in [0.29, 0.717) is 22.2 Å². The number of aromatic nitrogens is 1. The van der Waals surface area contributed by atoms with Gasteiger partial charge in [-0.05, 0) is 37.6 Å². The van der Waals surface area contributed by atoms with Crippen LogP contribution in [0.5, 0.6) is 11.6 Å². The number of nitrogens with zero attached hydrogens (tertiary/aromatic N) is 1. The van der Waals surface area contributed by atoms with Gasteiger partial charge in [-0.3, -0.25) is 4.79 Å². The zero-order chi connectivity index (χ0) is 13.1. The molecule has 0 atom stereocenters. The molecule has 1 aromatic heterocycles. The first-order valence-electron chi connectivity index (χ1n) is 5.47. The first kappa shape index (κ1) is 12.6. The highest BCUT2D eigenvalue weighted by Crippen LogP contribution is 2.29. The number of pyridine rings is 1. The van der Waals surface area contributed by atoms with E-state index >= 15 is 0 Å². The third-order valence-electron chi connectivity index (χ3n) is 2.44. The smallest absolute Gasteiger partial charge is 0.219 e. The van der Waals surface area contributed by atoms with Crippen LogP contribution in [-0.4, -0.2) is 10.8 Å². The Hall–Kier alpha value is -1.87. The van der Waals surface area contributed by atoms with Crippen molar-refractivity contribution in [1.82, 2.24) is 4.98 Å². The van der Waals surface area contributed by atoms with E-state index in [2.05, 4.69) is 4.98 Å². The number of ether oxygens (including phenoxy) is 1. The van der Waals surface area contributed by atoms with E-state index in [1.165, 1.54) is 13.1 Å². The molecule has 0 unspecified atom stereocenters. The Morgan fingerprint density at radius 2 is 2.06 bits per heavy atom. The molecule has 0 saturated carbocycles. The summed E-state index contributed by atoms with van der Waals surface area (Å²) in [5.41, 5.74) is 1.61. The Morgan fingerprint density at radius 3 is 2.72 bits per heavy atom. The van der Waals surface area contributed by atoms with Gasteiger partial charge in [0.25, 0.3) is 0 Å². The third-order valence-corrected chi connectivity index (χ3v) is 2.74. The molecule has 4 heteroatoms. The average Bonchev–Trinajstić information content (AvgIpc) is 2.33. The molecule has 0 saturated heterocycles. The van der Waals surface area contributed by atoms with Gasteiger partial charge in [-0.15, -0.1) is 0 Å². The molecule has 0 bridgehead atoms. The number of hydrogen-bond donors (Lipinski definition) is 0. The normalized spacial score (nSPS) is 10.2. The van der Waals surface area contributed by atoms with E-state index in [4.69, 9.17) is 16.3 Å². The largest absolute Gasteiger partial charge is 0.437 e. The molecule has 2 rings (SSSR count). The highest BCUT2D eigenvalue weighted by Gasteiger charge is 2.06. The van der Waals surface area contributed by atoms with Crippen molar-refractivity contribution in [3.8, 4) is 11.6 Å². The van der Waals surface area contributed by atoms with Crippen molar-refractivity contribution in [2.24, 2.45) is 0 Å². The van der Waals surface area contributed by atoms with Gasteiger partial charge in [0.2, 0.25) is 5.88 Å². The Bertz CT molecular complexity index is 596. The number of aryl methyl sites for hydroxylation is 1. The predicted octanol–water partition coefficient (Wildman–Crippen LogP) is 4.04. The van der Waals surface area contributed by atoms with Gasteiger partial charge in [-0.25, -0.2) is 4.98 Å².